The van der Waals surface area contributed by atoms with Gasteiger partial charge in [-0.25, -0.2) is 4.79 Å². The largest absolute Gasteiger partial charge is 0.539 e. The van der Waals surface area contributed by atoms with Gasteiger partial charge in [-0.1, -0.05) is 6.07 Å². The van der Waals surface area contributed by atoms with E-state index in [0.29, 0.717) is 11.3 Å². The molecule has 0 aromatic carbocycles. The highest BCUT2D eigenvalue weighted by Crippen LogP contribution is 2.40. The van der Waals surface area contributed by atoms with E-state index in [0.717, 1.165) is 4.88 Å². The zero-order valence-electron chi connectivity index (χ0n) is 12.8. The highest BCUT2D eigenvalue weighted by atomic mass is 35.5. The summed E-state index contributed by atoms with van der Waals surface area (Å²) >= 11 is 8.85. The van der Waals surface area contributed by atoms with Crippen LogP contribution in [-0.4, -0.2) is 53.8 Å². The van der Waals surface area contributed by atoms with Crippen LogP contribution >= 0.6 is 34.7 Å². The molecule has 126 valence electrons. The summed E-state index contributed by atoms with van der Waals surface area (Å²) in [5, 5.41) is 4.36. The van der Waals surface area contributed by atoms with Crippen molar-refractivity contribution in [2.24, 2.45) is 0 Å². The molecule has 0 radical (unpaired) electrons. The summed E-state index contributed by atoms with van der Waals surface area (Å²) in [6, 6.07) is 3.13. The van der Waals surface area contributed by atoms with E-state index in [1.807, 2.05) is 17.5 Å². The minimum atomic E-state index is -0.626. The molecule has 6 nitrogen and oxygen atoms in total. The number of nitrogens with one attached hydrogen (secondary N) is 1. The molecule has 2 aliphatic rings. The maximum absolute atomic E-state index is 12.4. The normalized spacial score (nSPS) is 22.7. The van der Waals surface area contributed by atoms with Crippen molar-refractivity contribution in [2.75, 3.05) is 11.6 Å². The Labute approximate surface area is 153 Å². The smallest absolute Gasteiger partial charge is 0.337 e. The lowest BCUT2D eigenvalue weighted by Gasteiger charge is -2.49. The molecule has 1 aromatic rings. The van der Waals surface area contributed by atoms with Gasteiger partial charge in [0, 0.05) is 16.5 Å². The van der Waals surface area contributed by atoms with Gasteiger partial charge in [0.25, 0.3) is 5.91 Å². The van der Waals surface area contributed by atoms with Gasteiger partial charge >= 0.3 is 14.0 Å². The lowest BCUT2D eigenvalue weighted by Crippen LogP contribution is -2.70. The van der Waals surface area contributed by atoms with E-state index in [9.17, 15) is 14.4 Å². The van der Waals surface area contributed by atoms with Crippen LogP contribution in [0.4, 0.5) is 0 Å². The second-order valence-corrected chi connectivity index (χ2v) is 7.69. The summed E-state index contributed by atoms with van der Waals surface area (Å²) in [6.45, 7) is 0. The van der Waals surface area contributed by atoms with Crippen LogP contribution < -0.4 is 5.32 Å². The SMILES string of the molecule is BOC(=O)C1=C(CCl)CS[C@@H]2[C@H](NC(=O)Cc3cccs3)C(=O)N12. The molecular formula is C14H14BClN2O4S2. The van der Waals surface area contributed by atoms with Gasteiger partial charge in [-0.15, -0.1) is 34.7 Å². The van der Waals surface area contributed by atoms with Gasteiger partial charge in [-0.05, 0) is 17.0 Å². The Morgan fingerprint density at radius 3 is 2.92 bits per heavy atom. The standard InChI is InChI=1S/C14H14BClN2O4S2/c15-22-14(21)11-7(5-16)6-24-13-10(12(20)18(11)13)17-9(19)4-8-2-1-3-23-8/h1-3,10,13H,4-6,15H2,(H,17,19)/t10-,13-/m1/s1. The molecular weight excluding hydrogens is 371 g/mol. The average molecular weight is 385 g/mol. The quantitative estimate of drug-likeness (QED) is 0.448. The minimum Gasteiger partial charge on any atom is -0.539 e. The number of thiophene rings is 1. The van der Waals surface area contributed by atoms with Gasteiger partial charge in [0.15, 0.2) is 0 Å². The van der Waals surface area contributed by atoms with E-state index in [2.05, 4.69) is 5.32 Å². The van der Waals surface area contributed by atoms with Crippen LogP contribution in [0.5, 0.6) is 0 Å². The van der Waals surface area contributed by atoms with Crippen molar-refractivity contribution >= 4 is 60.5 Å². The van der Waals surface area contributed by atoms with Crippen molar-refractivity contribution in [3.8, 4) is 0 Å². The second kappa shape index (κ2) is 7.20. The highest BCUT2D eigenvalue weighted by Gasteiger charge is 2.54. The van der Waals surface area contributed by atoms with E-state index >= 15 is 0 Å². The molecule has 2 atom stereocenters. The number of amides is 2. The molecule has 1 N–H and O–H groups in total. The molecule has 0 bridgehead atoms. The molecule has 3 rings (SSSR count). The van der Waals surface area contributed by atoms with Gasteiger partial charge in [-0.2, -0.15) is 0 Å². The summed E-state index contributed by atoms with van der Waals surface area (Å²) in [5.74, 6) is -0.409. The Bertz CT molecular complexity index is 710. The monoisotopic (exact) mass is 384 g/mol. The predicted octanol–water partition coefficient (Wildman–Crippen LogP) is 0.275. The van der Waals surface area contributed by atoms with Crippen molar-refractivity contribution in [3.05, 3.63) is 33.7 Å². The Morgan fingerprint density at radius 1 is 1.50 bits per heavy atom. The third kappa shape index (κ3) is 3.08. The predicted molar refractivity (Wildman–Crippen MR) is 95.4 cm³/mol. The second-order valence-electron chi connectivity index (χ2n) is 5.29. The topological polar surface area (TPSA) is 75.7 Å². The number of thioether (sulfide) groups is 1. The molecule has 1 fully saturated rings. The first-order chi connectivity index (χ1) is 11.6. The first-order valence-corrected chi connectivity index (χ1v) is 9.65. The number of rotatable bonds is 5. The number of nitrogens with zero attached hydrogens (tertiary/aromatic N) is 1. The van der Waals surface area contributed by atoms with Crippen molar-refractivity contribution in [1.29, 1.82) is 0 Å². The molecule has 2 amide bonds. The van der Waals surface area contributed by atoms with Gasteiger partial charge in [0.2, 0.25) is 5.91 Å². The zero-order chi connectivity index (χ0) is 17.3. The Kier molecular flexibility index (Phi) is 5.22. The van der Waals surface area contributed by atoms with Crippen molar-refractivity contribution in [3.63, 3.8) is 0 Å². The highest BCUT2D eigenvalue weighted by molar-refractivity contribution is 8.00. The number of hydrogen-bond donors (Lipinski definition) is 1. The fraction of sp³-hybridized carbons (Fsp3) is 0.357. The fourth-order valence-corrected chi connectivity index (χ4v) is 5.05. The van der Waals surface area contributed by atoms with Crippen LogP contribution in [0.15, 0.2) is 28.8 Å². The van der Waals surface area contributed by atoms with E-state index in [1.165, 1.54) is 36.0 Å². The van der Waals surface area contributed by atoms with Gasteiger partial charge in [0.05, 0.1) is 6.42 Å². The van der Waals surface area contributed by atoms with E-state index < -0.39 is 12.0 Å². The molecule has 24 heavy (non-hydrogen) atoms. The molecule has 2 aliphatic heterocycles. The summed E-state index contributed by atoms with van der Waals surface area (Å²) in [5.41, 5.74) is 0.881. The van der Waals surface area contributed by atoms with Crippen molar-refractivity contribution in [1.82, 2.24) is 10.2 Å². The summed E-state index contributed by atoms with van der Waals surface area (Å²) in [6.07, 6.45) is 0.242. The summed E-state index contributed by atoms with van der Waals surface area (Å²) < 4.78 is 4.76. The number of fused-ring (bicyclic) bond motifs is 1. The molecule has 10 heteroatoms. The van der Waals surface area contributed by atoms with Crippen LogP contribution in [0.25, 0.3) is 0 Å². The number of halogens is 1. The number of hydrogen-bond acceptors (Lipinski definition) is 6. The summed E-state index contributed by atoms with van der Waals surface area (Å²) in [4.78, 5) is 38.9. The number of carbonyl (C=O) groups excluding carboxylic acids is 3. The number of alkyl halides is 1. The first-order valence-electron chi connectivity index (χ1n) is 7.19. The third-order valence-electron chi connectivity index (χ3n) is 3.82. The Morgan fingerprint density at radius 2 is 2.29 bits per heavy atom. The lowest BCUT2D eigenvalue weighted by atomic mass is 10.0. The zero-order valence-corrected chi connectivity index (χ0v) is 15.2. The van der Waals surface area contributed by atoms with Gasteiger partial charge < -0.3 is 9.97 Å². The maximum Gasteiger partial charge on any atom is 0.337 e. The van der Waals surface area contributed by atoms with Gasteiger partial charge in [0.1, 0.15) is 17.1 Å². The van der Waals surface area contributed by atoms with E-state index in [-0.39, 0.29) is 35.2 Å². The molecule has 3 heterocycles. The third-order valence-corrected chi connectivity index (χ3v) is 6.36. The average Bonchev–Trinajstić information content (AvgIpc) is 3.10. The van der Waals surface area contributed by atoms with Crippen LogP contribution in [0.2, 0.25) is 0 Å². The van der Waals surface area contributed by atoms with Crippen LogP contribution in [-0.2, 0) is 25.5 Å². The van der Waals surface area contributed by atoms with Crippen molar-refractivity contribution in [2.45, 2.75) is 17.8 Å². The molecule has 0 aliphatic carbocycles. The lowest BCUT2D eigenvalue weighted by molar-refractivity contribution is -0.149. The Balaban J connectivity index is 1.71. The van der Waals surface area contributed by atoms with E-state index in [4.69, 9.17) is 16.3 Å². The van der Waals surface area contributed by atoms with E-state index in [1.54, 1.807) is 0 Å². The molecule has 1 saturated heterocycles. The number of β-lactam (4-membered cyclic amide) rings is 1. The maximum atomic E-state index is 12.4. The molecule has 1 aromatic heterocycles. The van der Waals surface area contributed by atoms with Gasteiger partial charge in [-0.3, -0.25) is 14.5 Å². The van der Waals surface area contributed by atoms with Crippen LogP contribution in [0.1, 0.15) is 4.88 Å². The minimum absolute atomic E-state index is 0.156. The van der Waals surface area contributed by atoms with Crippen LogP contribution in [0, 0.1) is 0 Å². The van der Waals surface area contributed by atoms with Crippen molar-refractivity contribution < 1.29 is 19.0 Å². The number of carbonyl (C=O) groups is 3. The van der Waals surface area contributed by atoms with Crippen LogP contribution in [0.3, 0.4) is 0 Å². The Hall–Kier alpha value is -1.45. The molecule has 0 saturated carbocycles. The first kappa shape index (κ1) is 17.4. The molecule has 0 spiro atoms. The summed E-state index contributed by atoms with van der Waals surface area (Å²) in [7, 11) is 1.27. The fourth-order valence-electron chi connectivity index (χ4n) is 2.67. The molecule has 0 unspecified atom stereocenters.